The Hall–Kier alpha value is -1.84. The molecular weight excluding hydrogens is 240 g/mol. The number of carbonyl (C=O) groups excluding carboxylic acids is 2. The maximum Gasteiger partial charge on any atom is 0.324 e. The Labute approximate surface area is 113 Å². The van der Waals surface area contributed by atoms with Crippen LogP contribution in [0.15, 0.2) is 30.3 Å². The number of amides is 3. The van der Waals surface area contributed by atoms with Gasteiger partial charge < -0.3 is 5.32 Å². The summed E-state index contributed by atoms with van der Waals surface area (Å²) in [6.45, 7) is 4.46. The Morgan fingerprint density at radius 2 is 1.95 bits per heavy atom. The lowest BCUT2D eigenvalue weighted by atomic mass is 9.99. The molecule has 2 rings (SSSR count). The maximum atomic E-state index is 12.2. The Bertz CT molecular complexity index is 458. The summed E-state index contributed by atoms with van der Waals surface area (Å²) in [5.74, 6) is 0.0912. The zero-order valence-electron chi connectivity index (χ0n) is 11.4. The van der Waals surface area contributed by atoms with E-state index in [0.717, 1.165) is 12.0 Å². The Kier molecular flexibility index (Phi) is 4.20. The van der Waals surface area contributed by atoms with Crippen molar-refractivity contribution in [2.45, 2.75) is 32.7 Å². The van der Waals surface area contributed by atoms with Gasteiger partial charge in [0.15, 0.2) is 0 Å². The predicted octanol–water partition coefficient (Wildman–Crippen LogP) is 2.20. The molecule has 0 aliphatic carbocycles. The van der Waals surface area contributed by atoms with E-state index >= 15 is 0 Å². The van der Waals surface area contributed by atoms with Gasteiger partial charge in [0.2, 0.25) is 0 Å². The Morgan fingerprint density at radius 3 is 2.58 bits per heavy atom. The van der Waals surface area contributed by atoms with Crippen LogP contribution in [0, 0.1) is 5.92 Å². The number of imide groups is 1. The van der Waals surface area contributed by atoms with Crippen LogP contribution in [0.25, 0.3) is 0 Å². The number of hydrogen-bond acceptors (Lipinski definition) is 2. The van der Waals surface area contributed by atoms with Gasteiger partial charge in [-0.3, -0.25) is 9.69 Å². The van der Waals surface area contributed by atoms with Gasteiger partial charge in [0.05, 0.1) is 0 Å². The molecule has 1 fully saturated rings. The summed E-state index contributed by atoms with van der Waals surface area (Å²) in [6, 6.07) is 9.28. The minimum atomic E-state index is -0.353. The first-order valence-electron chi connectivity index (χ1n) is 6.79. The van der Waals surface area contributed by atoms with Gasteiger partial charge in [-0.15, -0.1) is 0 Å². The van der Waals surface area contributed by atoms with E-state index in [-0.39, 0.29) is 23.9 Å². The zero-order chi connectivity index (χ0) is 13.8. The number of rotatable bonds is 5. The number of nitrogens with one attached hydrogen (secondary N) is 1. The smallest absolute Gasteiger partial charge is 0.324 e. The standard InChI is InChI=1S/C15H20N2O2/c1-3-11(2)13-14(18)17(15(19)16-13)10-9-12-7-5-4-6-8-12/h4-8,11,13H,3,9-10H2,1-2H3,(H,16,19)/t11-,13-/m0/s1. The van der Waals surface area contributed by atoms with Crippen molar-refractivity contribution in [1.82, 2.24) is 10.2 Å². The van der Waals surface area contributed by atoms with E-state index in [2.05, 4.69) is 5.32 Å². The highest BCUT2D eigenvalue weighted by Crippen LogP contribution is 2.17. The predicted molar refractivity (Wildman–Crippen MR) is 73.6 cm³/mol. The highest BCUT2D eigenvalue weighted by molar-refractivity contribution is 6.04. The lowest BCUT2D eigenvalue weighted by molar-refractivity contribution is -0.128. The molecule has 4 heteroatoms. The van der Waals surface area contributed by atoms with E-state index in [1.54, 1.807) is 0 Å². The molecule has 3 amide bonds. The lowest BCUT2D eigenvalue weighted by Gasteiger charge is -2.16. The fourth-order valence-corrected chi connectivity index (χ4v) is 2.26. The molecule has 0 unspecified atom stereocenters. The molecule has 4 nitrogen and oxygen atoms in total. The van der Waals surface area contributed by atoms with Gasteiger partial charge in [-0.05, 0) is 17.9 Å². The molecule has 0 bridgehead atoms. The van der Waals surface area contributed by atoms with Crippen molar-refractivity contribution < 1.29 is 9.59 Å². The van der Waals surface area contributed by atoms with Gasteiger partial charge in [-0.25, -0.2) is 4.79 Å². The average Bonchev–Trinajstić information content (AvgIpc) is 2.72. The van der Waals surface area contributed by atoms with Crippen molar-refractivity contribution in [1.29, 1.82) is 0 Å². The van der Waals surface area contributed by atoms with Crippen LogP contribution in [0.4, 0.5) is 4.79 Å². The summed E-state index contributed by atoms with van der Waals surface area (Å²) in [6.07, 6.45) is 1.58. The summed E-state index contributed by atoms with van der Waals surface area (Å²) in [5.41, 5.74) is 1.13. The molecule has 0 saturated carbocycles. The van der Waals surface area contributed by atoms with E-state index < -0.39 is 0 Å². The van der Waals surface area contributed by atoms with Gasteiger partial charge in [0.1, 0.15) is 6.04 Å². The zero-order valence-corrected chi connectivity index (χ0v) is 11.4. The quantitative estimate of drug-likeness (QED) is 0.825. The molecule has 1 N–H and O–H groups in total. The van der Waals surface area contributed by atoms with Gasteiger partial charge in [-0.2, -0.15) is 0 Å². The van der Waals surface area contributed by atoms with Crippen molar-refractivity contribution >= 4 is 11.9 Å². The summed E-state index contributed by atoms with van der Waals surface area (Å²) in [4.78, 5) is 25.3. The first-order valence-corrected chi connectivity index (χ1v) is 6.79. The second kappa shape index (κ2) is 5.87. The van der Waals surface area contributed by atoms with E-state index in [0.29, 0.717) is 13.0 Å². The van der Waals surface area contributed by atoms with E-state index in [9.17, 15) is 9.59 Å². The molecule has 1 aromatic rings. The molecule has 1 aliphatic rings. The third-order valence-corrected chi connectivity index (χ3v) is 3.74. The second-order valence-electron chi connectivity index (χ2n) is 5.04. The Morgan fingerprint density at radius 1 is 1.26 bits per heavy atom. The van der Waals surface area contributed by atoms with Crippen LogP contribution < -0.4 is 5.32 Å². The van der Waals surface area contributed by atoms with Gasteiger partial charge in [0.25, 0.3) is 5.91 Å². The Balaban J connectivity index is 1.97. The van der Waals surface area contributed by atoms with Crippen molar-refractivity contribution in [2.24, 2.45) is 5.92 Å². The molecule has 0 aromatic heterocycles. The molecule has 0 spiro atoms. The van der Waals surface area contributed by atoms with Crippen molar-refractivity contribution in [3.05, 3.63) is 35.9 Å². The van der Waals surface area contributed by atoms with Crippen LogP contribution in [0.1, 0.15) is 25.8 Å². The van der Waals surface area contributed by atoms with Gasteiger partial charge in [-0.1, -0.05) is 50.6 Å². The van der Waals surface area contributed by atoms with Crippen LogP contribution >= 0.6 is 0 Å². The number of benzene rings is 1. The monoisotopic (exact) mass is 260 g/mol. The molecule has 1 aromatic carbocycles. The topological polar surface area (TPSA) is 49.4 Å². The third-order valence-electron chi connectivity index (χ3n) is 3.74. The summed E-state index contributed by atoms with van der Waals surface area (Å²) < 4.78 is 0. The maximum absolute atomic E-state index is 12.2. The fourth-order valence-electron chi connectivity index (χ4n) is 2.26. The number of hydrogen-bond donors (Lipinski definition) is 1. The number of urea groups is 1. The fraction of sp³-hybridized carbons (Fsp3) is 0.467. The number of nitrogens with zero attached hydrogens (tertiary/aromatic N) is 1. The van der Waals surface area contributed by atoms with Crippen LogP contribution in [-0.4, -0.2) is 29.4 Å². The van der Waals surface area contributed by atoms with Crippen molar-refractivity contribution in [2.75, 3.05) is 6.54 Å². The molecule has 19 heavy (non-hydrogen) atoms. The van der Waals surface area contributed by atoms with E-state index in [1.807, 2.05) is 44.2 Å². The normalized spacial score (nSPS) is 20.5. The van der Waals surface area contributed by atoms with E-state index in [4.69, 9.17) is 0 Å². The summed E-state index contributed by atoms with van der Waals surface area (Å²) in [5, 5.41) is 2.78. The molecule has 1 saturated heterocycles. The van der Waals surface area contributed by atoms with Crippen molar-refractivity contribution in [3.8, 4) is 0 Å². The lowest BCUT2D eigenvalue weighted by Crippen LogP contribution is -2.36. The third kappa shape index (κ3) is 2.95. The molecular formula is C15H20N2O2. The molecule has 1 heterocycles. The molecule has 102 valence electrons. The first-order chi connectivity index (χ1) is 9.13. The largest absolute Gasteiger partial charge is 0.326 e. The number of carbonyl (C=O) groups is 2. The molecule has 2 atom stereocenters. The van der Waals surface area contributed by atoms with Crippen LogP contribution in [0.2, 0.25) is 0 Å². The average molecular weight is 260 g/mol. The van der Waals surface area contributed by atoms with Crippen molar-refractivity contribution in [3.63, 3.8) is 0 Å². The van der Waals surface area contributed by atoms with E-state index in [1.165, 1.54) is 4.90 Å². The molecule has 1 aliphatic heterocycles. The van der Waals surface area contributed by atoms with Gasteiger partial charge >= 0.3 is 6.03 Å². The molecule has 0 radical (unpaired) electrons. The highest BCUT2D eigenvalue weighted by Gasteiger charge is 2.39. The minimum absolute atomic E-state index is 0.0877. The first kappa shape index (κ1) is 13.6. The second-order valence-corrected chi connectivity index (χ2v) is 5.04. The SMILES string of the molecule is CC[C@H](C)[C@@H]1NC(=O)N(CCc2ccccc2)C1=O. The van der Waals surface area contributed by atoms with Crippen LogP contribution in [0.5, 0.6) is 0 Å². The summed E-state index contributed by atoms with van der Waals surface area (Å²) in [7, 11) is 0. The highest BCUT2D eigenvalue weighted by atomic mass is 16.2. The van der Waals surface area contributed by atoms with Crippen LogP contribution in [0.3, 0.4) is 0 Å². The summed E-state index contributed by atoms with van der Waals surface area (Å²) >= 11 is 0. The minimum Gasteiger partial charge on any atom is -0.326 e. The van der Waals surface area contributed by atoms with Crippen LogP contribution in [-0.2, 0) is 11.2 Å². The van der Waals surface area contributed by atoms with Gasteiger partial charge in [0, 0.05) is 6.54 Å².